The fourth-order valence-electron chi connectivity index (χ4n) is 3.73. The van der Waals surface area contributed by atoms with E-state index >= 15 is 0 Å². The van der Waals surface area contributed by atoms with Gasteiger partial charge in [-0.3, -0.25) is 0 Å². The van der Waals surface area contributed by atoms with E-state index in [9.17, 15) is 0 Å². The monoisotopic (exact) mass is 341 g/mol. The van der Waals surface area contributed by atoms with E-state index in [0.29, 0.717) is 0 Å². The molecule has 0 fully saturated rings. The second-order valence-corrected chi connectivity index (χ2v) is 8.15. The highest BCUT2D eigenvalue weighted by Crippen LogP contribution is 2.50. The molecule has 1 nitrogen and oxygen atoms in total. The van der Waals surface area contributed by atoms with Crippen LogP contribution in [0.3, 0.4) is 0 Å². The molecule has 0 aliphatic carbocycles. The second kappa shape index (κ2) is 4.59. The molecule has 0 radical (unpaired) electrons. The number of hydrogen-bond acceptors (Lipinski definition) is 3. The summed E-state index contributed by atoms with van der Waals surface area (Å²) in [5.74, 6) is 0. The maximum atomic E-state index is 4.67. The Bertz CT molecular complexity index is 1280. The SMILES string of the molecule is c1ccc2c(c1)Sc1nccc3c1c-2cc1sc2ccccc2c13. The molecule has 0 bridgehead atoms. The second-order valence-electron chi connectivity index (χ2n) is 6.03. The Morgan fingerprint density at radius 1 is 0.708 bits per heavy atom. The van der Waals surface area contributed by atoms with E-state index in [1.807, 2.05) is 17.5 Å². The average Bonchev–Trinajstić information content (AvgIpc) is 3.00. The molecule has 2 aromatic heterocycles. The molecular formula is C21H11NS2. The lowest BCUT2D eigenvalue weighted by molar-refractivity contribution is 1.17. The lowest BCUT2D eigenvalue weighted by atomic mass is 9.96. The van der Waals surface area contributed by atoms with Crippen LogP contribution in [-0.4, -0.2) is 4.98 Å². The zero-order valence-corrected chi connectivity index (χ0v) is 14.2. The highest BCUT2D eigenvalue weighted by Gasteiger charge is 2.22. The standard InChI is InChI=1S/C21H11NS2/c1-3-7-16-12(5-1)15-11-18-19(13-6-2-4-8-17(13)23-18)14-9-10-22-21(24-16)20(14)15/h1-11H. The largest absolute Gasteiger partial charge is 0.249 e. The quantitative estimate of drug-likeness (QED) is 0.304. The fourth-order valence-corrected chi connectivity index (χ4v) is 5.97. The Kier molecular flexibility index (Phi) is 2.49. The summed E-state index contributed by atoms with van der Waals surface area (Å²) in [5.41, 5.74) is 2.65. The molecule has 1 aliphatic heterocycles. The average molecular weight is 341 g/mol. The third-order valence-electron chi connectivity index (χ3n) is 4.74. The summed E-state index contributed by atoms with van der Waals surface area (Å²) in [6, 6.07) is 21.9. The van der Waals surface area contributed by atoms with Crippen LogP contribution in [0.4, 0.5) is 0 Å². The van der Waals surface area contributed by atoms with Gasteiger partial charge in [0, 0.05) is 36.7 Å². The summed E-state index contributed by atoms with van der Waals surface area (Å²) in [4.78, 5) is 5.97. The van der Waals surface area contributed by atoms with Gasteiger partial charge >= 0.3 is 0 Å². The van der Waals surface area contributed by atoms with Gasteiger partial charge in [0.25, 0.3) is 0 Å². The van der Waals surface area contributed by atoms with Gasteiger partial charge in [0.2, 0.25) is 0 Å². The third kappa shape index (κ3) is 1.58. The van der Waals surface area contributed by atoms with Crippen molar-refractivity contribution in [2.24, 2.45) is 0 Å². The molecule has 6 rings (SSSR count). The maximum Gasteiger partial charge on any atom is 0.109 e. The minimum absolute atomic E-state index is 1.12. The van der Waals surface area contributed by atoms with Gasteiger partial charge in [-0.15, -0.1) is 11.3 Å². The van der Waals surface area contributed by atoms with Crippen molar-refractivity contribution in [1.29, 1.82) is 0 Å². The van der Waals surface area contributed by atoms with Crippen LogP contribution in [-0.2, 0) is 0 Å². The van der Waals surface area contributed by atoms with E-state index in [1.165, 1.54) is 47.0 Å². The minimum Gasteiger partial charge on any atom is -0.249 e. The first-order valence-electron chi connectivity index (χ1n) is 7.90. The van der Waals surface area contributed by atoms with E-state index in [1.54, 1.807) is 11.8 Å². The van der Waals surface area contributed by atoms with Gasteiger partial charge < -0.3 is 0 Å². The molecule has 0 saturated carbocycles. The number of fused-ring (bicyclic) bond motifs is 6. The van der Waals surface area contributed by atoms with Crippen molar-refractivity contribution >= 4 is 54.0 Å². The molecule has 5 aromatic rings. The Morgan fingerprint density at radius 2 is 1.58 bits per heavy atom. The van der Waals surface area contributed by atoms with Crippen molar-refractivity contribution in [3.05, 3.63) is 66.9 Å². The van der Waals surface area contributed by atoms with E-state index in [-0.39, 0.29) is 0 Å². The van der Waals surface area contributed by atoms with Crippen molar-refractivity contribution in [2.45, 2.75) is 9.92 Å². The summed E-state index contributed by atoms with van der Waals surface area (Å²) in [6.07, 6.45) is 1.95. The highest BCUT2D eigenvalue weighted by atomic mass is 32.2. The number of rotatable bonds is 0. The molecule has 0 unspecified atom stereocenters. The van der Waals surface area contributed by atoms with E-state index < -0.39 is 0 Å². The molecule has 0 N–H and O–H groups in total. The Balaban J connectivity index is 1.91. The number of aromatic nitrogens is 1. The van der Waals surface area contributed by atoms with Crippen LogP contribution in [0.25, 0.3) is 42.1 Å². The Labute approximate surface area is 147 Å². The maximum absolute atomic E-state index is 4.67. The number of hydrogen-bond donors (Lipinski definition) is 0. The van der Waals surface area contributed by atoms with Crippen LogP contribution < -0.4 is 0 Å². The zero-order chi connectivity index (χ0) is 15.7. The molecule has 24 heavy (non-hydrogen) atoms. The van der Waals surface area contributed by atoms with Crippen LogP contribution in [0.5, 0.6) is 0 Å². The first-order valence-corrected chi connectivity index (χ1v) is 9.54. The molecule has 0 atom stereocenters. The number of pyridine rings is 1. The summed E-state index contributed by atoms with van der Waals surface area (Å²) in [7, 11) is 0. The van der Waals surface area contributed by atoms with Crippen LogP contribution in [0.1, 0.15) is 0 Å². The first kappa shape index (κ1) is 13.0. The van der Waals surface area contributed by atoms with Gasteiger partial charge in [-0.1, -0.05) is 48.2 Å². The van der Waals surface area contributed by atoms with Crippen molar-refractivity contribution in [3.63, 3.8) is 0 Å². The molecule has 0 spiro atoms. The summed E-state index contributed by atoms with van der Waals surface area (Å²) in [5, 5.41) is 6.48. The lowest BCUT2D eigenvalue weighted by Gasteiger charge is -2.19. The van der Waals surface area contributed by atoms with Gasteiger partial charge in [0.15, 0.2) is 0 Å². The minimum atomic E-state index is 1.12. The normalized spacial score (nSPS) is 12.8. The van der Waals surface area contributed by atoms with Gasteiger partial charge in [-0.2, -0.15) is 0 Å². The van der Waals surface area contributed by atoms with Gasteiger partial charge in [0.1, 0.15) is 5.03 Å². The summed E-state index contributed by atoms with van der Waals surface area (Å²) in [6.45, 7) is 0. The summed E-state index contributed by atoms with van der Waals surface area (Å²) < 4.78 is 2.71. The van der Waals surface area contributed by atoms with Crippen molar-refractivity contribution < 1.29 is 0 Å². The van der Waals surface area contributed by atoms with Gasteiger partial charge in [-0.05, 0) is 40.8 Å². The van der Waals surface area contributed by atoms with E-state index in [0.717, 1.165) is 5.03 Å². The van der Waals surface area contributed by atoms with Crippen LogP contribution in [0.15, 0.2) is 76.8 Å². The van der Waals surface area contributed by atoms with Gasteiger partial charge in [0.05, 0.1) is 0 Å². The Hall–Kier alpha value is -2.36. The first-order chi connectivity index (χ1) is 11.9. The molecule has 1 aliphatic rings. The Morgan fingerprint density at radius 3 is 2.58 bits per heavy atom. The zero-order valence-electron chi connectivity index (χ0n) is 12.6. The molecule has 0 saturated heterocycles. The van der Waals surface area contributed by atoms with Crippen LogP contribution >= 0.6 is 23.1 Å². The van der Waals surface area contributed by atoms with Gasteiger partial charge in [-0.25, -0.2) is 4.98 Å². The predicted octanol–water partition coefficient (Wildman–Crippen LogP) is 6.73. The third-order valence-corrected chi connectivity index (χ3v) is 6.93. The van der Waals surface area contributed by atoms with Crippen LogP contribution in [0, 0.1) is 0 Å². The smallest absolute Gasteiger partial charge is 0.109 e. The summed E-state index contributed by atoms with van der Waals surface area (Å²) >= 11 is 3.67. The number of nitrogens with zero attached hydrogens (tertiary/aromatic N) is 1. The number of thiophene rings is 1. The van der Waals surface area contributed by atoms with Crippen LogP contribution in [0.2, 0.25) is 0 Å². The molecular weight excluding hydrogens is 330 g/mol. The molecule has 112 valence electrons. The molecule has 3 aromatic carbocycles. The van der Waals surface area contributed by atoms with Crippen molar-refractivity contribution in [2.75, 3.05) is 0 Å². The predicted molar refractivity (Wildman–Crippen MR) is 104 cm³/mol. The van der Waals surface area contributed by atoms with Crippen molar-refractivity contribution in [3.8, 4) is 11.1 Å². The highest BCUT2D eigenvalue weighted by molar-refractivity contribution is 7.99. The lowest BCUT2D eigenvalue weighted by Crippen LogP contribution is -1.94. The van der Waals surface area contributed by atoms with E-state index in [2.05, 4.69) is 65.6 Å². The molecule has 0 amide bonds. The fraction of sp³-hybridized carbons (Fsp3) is 0. The van der Waals surface area contributed by atoms with E-state index in [4.69, 9.17) is 0 Å². The topological polar surface area (TPSA) is 12.9 Å². The van der Waals surface area contributed by atoms with Crippen molar-refractivity contribution in [1.82, 2.24) is 4.98 Å². The number of benzene rings is 3. The molecule has 3 heteroatoms. The molecule has 3 heterocycles.